The van der Waals surface area contributed by atoms with Gasteiger partial charge in [0.05, 0.1) is 0 Å². The van der Waals surface area contributed by atoms with Gasteiger partial charge in [-0.25, -0.2) is 4.98 Å². The molecule has 1 aromatic carbocycles. The molecule has 0 fully saturated rings. The van der Waals surface area contributed by atoms with Crippen molar-refractivity contribution in [2.45, 2.75) is 0 Å². The first-order valence-corrected chi connectivity index (χ1v) is 6.18. The van der Waals surface area contributed by atoms with Crippen molar-refractivity contribution in [3.63, 3.8) is 0 Å². The van der Waals surface area contributed by atoms with Crippen molar-refractivity contribution >= 4 is 35.3 Å². The van der Waals surface area contributed by atoms with Crippen LogP contribution in [-0.2, 0) is 0 Å². The molecule has 2 N–H and O–H groups in total. The van der Waals surface area contributed by atoms with Crippen molar-refractivity contribution in [2.75, 3.05) is 5.32 Å². The first-order chi connectivity index (χ1) is 9.69. The zero-order valence-electron chi connectivity index (χ0n) is 10.4. The second-order valence-corrected chi connectivity index (χ2v) is 4.27. The molecule has 1 aromatic heterocycles. The quantitative estimate of drug-likeness (QED) is 0.667. The molecule has 0 bridgehead atoms. The highest BCUT2D eigenvalue weighted by molar-refractivity contribution is 7.80. The second-order valence-electron chi connectivity index (χ2n) is 3.86. The van der Waals surface area contributed by atoms with E-state index in [9.17, 15) is 9.59 Å². The van der Waals surface area contributed by atoms with Crippen molar-refractivity contribution in [3.05, 3.63) is 59.8 Å². The molecule has 1 amide bonds. The minimum atomic E-state index is -0.351. The van der Waals surface area contributed by atoms with E-state index in [2.05, 4.69) is 15.6 Å². The Labute approximate surface area is 121 Å². The van der Waals surface area contributed by atoms with Crippen LogP contribution in [0.3, 0.4) is 0 Å². The third-order valence-corrected chi connectivity index (χ3v) is 2.65. The Balaban J connectivity index is 1.96. The number of amides is 1. The lowest BCUT2D eigenvalue weighted by molar-refractivity contribution is 0.0977. The summed E-state index contributed by atoms with van der Waals surface area (Å²) >= 11 is 5.02. The number of benzene rings is 1. The number of anilines is 1. The topological polar surface area (TPSA) is 71.1 Å². The molecule has 6 heteroatoms. The molecule has 0 saturated heterocycles. The van der Waals surface area contributed by atoms with E-state index in [0.717, 1.165) is 6.29 Å². The molecule has 0 saturated carbocycles. The van der Waals surface area contributed by atoms with Gasteiger partial charge >= 0.3 is 0 Å². The Morgan fingerprint density at radius 2 is 1.90 bits per heavy atom. The van der Waals surface area contributed by atoms with Crippen LogP contribution in [-0.4, -0.2) is 22.3 Å². The summed E-state index contributed by atoms with van der Waals surface area (Å²) in [6.07, 6.45) is 2.33. The Morgan fingerprint density at radius 1 is 1.15 bits per heavy atom. The van der Waals surface area contributed by atoms with Crippen LogP contribution in [0.15, 0.2) is 48.7 Å². The molecule has 100 valence electrons. The SMILES string of the molecule is O=Cc1ccc(C(=O)NC(=S)Nc2ccccn2)cc1. The number of aldehydes is 1. The Hall–Kier alpha value is -2.60. The number of rotatable bonds is 3. The number of hydrogen-bond acceptors (Lipinski definition) is 4. The maximum Gasteiger partial charge on any atom is 0.257 e. The number of nitrogens with one attached hydrogen (secondary N) is 2. The molecule has 0 atom stereocenters. The van der Waals surface area contributed by atoms with Gasteiger partial charge < -0.3 is 5.32 Å². The van der Waals surface area contributed by atoms with E-state index in [1.807, 2.05) is 0 Å². The molecule has 0 unspecified atom stereocenters. The summed E-state index contributed by atoms with van der Waals surface area (Å²) in [6, 6.07) is 11.6. The van der Waals surface area contributed by atoms with Crippen LogP contribution in [0.2, 0.25) is 0 Å². The van der Waals surface area contributed by atoms with Gasteiger partial charge in [-0.2, -0.15) is 0 Å². The van der Waals surface area contributed by atoms with Crippen LogP contribution in [0.25, 0.3) is 0 Å². The van der Waals surface area contributed by atoms with Crippen molar-refractivity contribution in [1.82, 2.24) is 10.3 Å². The first-order valence-electron chi connectivity index (χ1n) is 5.77. The number of aromatic nitrogens is 1. The van der Waals surface area contributed by atoms with E-state index in [-0.39, 0.29) is 11.0 Å². The van der Waals surface area contributed by atoms with Gasteiger partial charge in [0.2, 0.25) is 0 Å². The number of nitrogens with zero attached hydrogens (tertiary/aromatic N) is 1. The summed E-state index contributed by atoms with van der Waals surface area (Å²) in [5, 5.41) is 5.49. The van der Waals surface area contributed by atoms with Gasteiger partial charge in [0.1, 0.15) is 12.1 Å². The summed E-state index contributed by atoms with van der Waals surface area (Å²) in [5.74, 6) is 0.199. The summed E-state index contributed by atoms with van der Waals surface area (Å²) in [6.45, 7) is 0. The average molecular weight is 285 g/mol. The van der Waals surface area contributed by atoms with Crippen LogP contribution in [0.5, 0.6) is 0 Å². The van der Waals surface area contributed by atoms with Crippen molar-refractivity contribution in [3.8, 4) is 0 Å². The summed E-state index contributed by atoms with van der Waals surface area (Å²) < 4.78 is 0. The first kappa shape index (κ1) is 13.8. The number of carbonyl (C=O) groups excluding carboxylic acids is 2. The molecule has 0 radical (unpaired) electrons. The monoisotopic (exact) mass is 285 g/mol. The Kier molecular flexibility index (Phi) is 4.52. The molecule has 5 nitrogen and oxygen atoms in total. The minimum Gasteiger partial charge on any atom is -0.317 e. The lowest BCUT2D eigenvalue weighted by Gasteiger charge is -2.08. The van der Waals surface area contributed by atoms with Gasteiger partial charge in [0.25, 0.3) is 5.91 Å². The zero-order valence-corrected chi connectivity index (χ0v) is 11.2. The smallest absolute Gasteiger partial charge is 0.257 e. The number of thiocarbonyl (C=S) groups is 1. The molecular formula is C14H11N3O2S. The maximum atomic E-state index is 11.9. The molecule has 20 heavy (non-hydrogen) atoms. The third kappa shape index (κ3) is 3.69. The predicted molar refractivity (Wildman–Crippen MR) is 79.8 cm³/mol. The molecule has 0 aliphatic heterocycles. The van der Waals surface area contributed by atoms with Crippen molar-refractivity contribution in [2.24, 2.45) is 0 Å². The molecule has 0 aliphatic carbocycles. The summed E-state index contributed by atoms with van der Waals surface area (Å²) in [5.41, 5.74) is 0.927. The zero-order chi connectivity index (χ0) is 14.4. The highest BCUT2D eigenvalue weighted by Crippen LogP contribution is 2.03. The van der Waals surface area contributed by atoms with E-state index >= 15 is 0 Å². The summed E-state index contributed by atoms with van der Waals surface area (Å²) in [7, 11) is 0. The lowest BCUT2D eigenvalue weighted by Crippen LogP contribution is -2.34. The van der Waals surface area contributed by atoms with Gasteiger partial charge in [0, 0.05) is 17.3 Å². The number of carbonyl (C=O) groups is 2. The molecule has 2 aromatic rings. The molecule has 0 aliphatic rings. The van der Waals surface area contributed by atoms with Crippen LogP contribution < -0.4 is 10.6 Å². The third-order valence-electron chi connectivity index (χ3n) is 2.44. The van der Waals surface area contributed by atoms with E-state index in [4.69, 9.17) is 12.2 Å². The second kappa shape index (κ2) is 6.53. The van der Waals surface area contributed by atoms with Crippen LogP contribution in [0.1, 0.15) is 20.7 Å². The van der Waals surface area contributed by atoms with Gasteiger partial charge in [0.15, 0.2) is 5.11 Å². The van der Waals surface area contributed by atoms with Gasteiger partial charge in [-0.1, -0.05) is 18.2 Å². The summed E-state index contributed by atoms with van der Waals surface area (Å²) in [4.78, 5) is 26.5. The van der Waals surface area contributed by atoms with Gasteiger partial charge in [-0.05, 0) is 36.5 Å². The Morgan fingerprint density at radius 3 is 2.50 bits per heavy atom. The van der Waals surface area contributed by atoms with E-state index in [0.29, 0.717) is 16.9 Å². The van der Waals surface area contributed by atoms with Gasteiger partial charge in [-0.3, -0.25) is 14.9 Å². The van der Waals surface area contributed by atoms with E-state index in [1.54, 1.807) is 48.7 Å². The highest BCUT2D eigenvalue weighted by Gasteiger charge is 2.08. The fourth-order valence-corrected chi connectivity index (χ4v) is 1.67. The van der Waals surface area contributed by atoms with Crippen molar-refractivity contribution < 1.29 is 9.59 Å². The van der Waals surface area contributed by atoms with Crippen LogP contribution in [0.4, 0.5) is 5.82 Å². The fourth-order valence-electron chi connectivity index (χ4n) is 1.47. The molecule has 0 spiro atoms. The Bertz CT molecular complexity index is 627. The van der Waals surface area contributed by atoms with Crippen molar-refractivity contribution in [1.29, 1.82) is 0 Å². The predicted octanol–water partition coefficient (Wildman–Crippen LogP) is 2.02. The standard InChI is InChI=1S/C14H11N3O2S/c18-9-10-4-6-11(7-5-10)13(19)17-14(20)16-12-3-1-2-8-15-12/h1-9H,(H2,15,16,17,19,20). The largest absolute Gasteiger partial charge is 0.317 e. The van der Waals surface area contributed by atoms with Crippen LogP contribution >= 0.6 is 12.2 Å². The molecular weight excluding hydrogens is 274 g/mol. The van der Waals surface area contributed by atoms with Gasteiger partial charge in [-0.15, -0.1) is 0 Å². The molecule has 1 heterocycles. The molecule has 2 rings (SSSR count). The average Bonchev–Trinajstić information content (AvgIpc) is 2.48. The maximum absolute atomic E-state index is 11.9. The van der Waals surface area contributed by atoms with E-state index < -0.39 is 0 Å². The fraction of sp³-hybridized carbons (Fsp3) is 0. The van der Waals surface area contributed by atoms with E-state index in [1.165, 1.54) is 0 Å². The number of pyridine rings is 1. The normalized spacial score (nSPS) is 9.60. The minimum absolute atomic E-state index is 0.160. The van der Waals surface area contributed by atoms with Crippen LogP contribution in [0, 0.1) is 0 Å². The number of hydrogen-bond donors (Lipinski definition) is 2. The highest BCUT2D eigenvalue weighted by atomic mass is 32.1. The lowest BCUT2D eigenvalue weighted by atomic mass is 10.1.